The molecule has 1 aliphatic heterocycles. The summed E-state index contributed by atoms with van der Waals surface area (Å²) in [7, 11) is 0. The molecule has 1 aliphatic rings. The molecule has 0 spiro atoms. The van der Waals surface area contributed by atoms with Crippen molar-refractivity contribution >= 4 is 11.7 Å². The van der Waals surface area contributed by atoms with Gasteiger partial charge in [0.2, 0.25) is 0 Å². The number of benzene rings is 1. The minimum atomic E-state index is -0.323. The minimum absolute atomic E-state index is 0.111. The average Bonchev–Trinajstić information content (AvgIpc) is 2.85. The van der Waals surface area contributed by atoms with Crippen LogP contribution in [0.25, 0.3) is 5.76 Å². The number of esters is 1. The largest absolute Gasteiger partial charge is 0.426 e. The van der Waals surface area contributed by atoms with Crippen LogP contribution < -0.4 is 0 Å². The molecule has 0 saturated carbocycles. The van der Waals surface area contributed by atoms with Crippen LogP contribution in [-0.4, -0.2) is 19.2 Å². The van der Waals surface area contributed by atoms with Crippen LogP contribution in [0, 0.1) is 5.92 Å². The molecule has 2 rings (SSSR count). The zero-order valence-electron chi connectivity index (χ0n) is 10.4. The summed E-state index contributed by atoms with van der Waals surface area (Å²) in [4.78, 5) is 11.3. The second kappa shape index (κ2) is 5.65. The Kier molecular flexibility index (Phi) is 3.95. The van der Waals surface area contributed by atoms with E-state index >= 15 is 0 Å². The van der Waals surface area contributed by atoms with Crippen LogP contribution >= 0.6 is 0 Å². The molecule has 1 atom stereocenters. The van der Waals surface area contributed by atoms with Gasteiger partial charge in [-0.05, 0) is 0 Å². The Hall–Kier alpha value is -1.87. The maximum absolute atomic E-state index is 11.3. The highest BCUT2D eigenvalue weighted by Crippen LogP contribution is 2.30. The summed E-state index contributed by atoms with van der Waals surface area (Å²) in [6.07, 6.45) is 1.83. The highest BCUT2D eigenvalue weighted by molar-refractivity contribution is 5.78. The van der Waals surface area contributed by atoms with Gasteiger partial charge in [0.05, 0.1) is 13.2 Å². The SMILES string of the molecule is C=CC1COC/C1=C(\OC(C)=O)c1ccccc1. The first kappa shape index (κ1) is 12.6. The van der Waals surface area contributed by atoms with Crippen LogP contribution in [0.2, 0.25) is 0 Å². The van der Waals surface area contributed by atoms with Crippen molar-refractivity contribution < 1.29 is 14.3 Å². The number of carbonyl (C=O) groups excluding carboxylic acids is 1. The fraction of sp³-hybridized carbons (Fsp3) is 0.267. The Morgan fingerprint density at radius 3 is 2.78 bits per heavy atom. The predicted octanol–water partition coefficient (Wildman–Crippen LogP) is 2.79. The third-order valence-electron chi connectivity index (χ3n) is 2.86. The van der Waals surface area contributed by atoms with Crippen LogP contribution in [0.15, 0.2) is 48.6 Å². The Morgan fingerprint density at radius 2 is 2.17 bits per heavy atom. The third kappa shape index (κ3) is 2.68. The van der Waals surface area contributed by atoms with Crippen molar-refractivity contribution in [1.29, 1.82) is 0 Å². The first-order valence-electron chi connectivity index (χ1n) is 5.89. The van der Waals surface area contributed by atoms with Gasteiger partial charge >= 0.3 is 5.97 Å². The van der Waals surface area contributed by atoms with E-state index in [1.807, 2.05) is 36.4 Å². The fourth-order valence-electron chi connectivity index (χ4n) is 1.99. The highest BCUT2D eigenvalue weighted by Gasteiger charge is 2.25. The van der Waals surface area contributed by atoms with Crippen molar-refractivity contribution in [3.63, 3.8) is 0 Å². The normalized spacial score (nSPS) is 21.5. The lowest BCUT2D eigenvalue weighted by atomic mass is 9.98. The van der Waals surface area contributed by atoms with E-state index in [4.69, 9.17) is 9.47 Å². The van der Waals surface area contributed by atoms with Gasteiger partial charge in [0.25, 0.3) is 0 Å². The van der Waals surface area contributed by atoms with Crippen molar-refractivity contribution in [3.05, 3.63) is 54.1 Å². The predicted molar refractivity (Wildman–Crippen MR) is 69.6 cm³/mol. The van der Waals surface area contributed by atoms with Gasteiger partial charge in [-0.2, -0.15) is 0 Å². The van der Waals surface area contributed by atoms with Crippen LogP contribution in [-0.2, 0) is 14.3 Å². The number of rotatable bonds is 3. The Labute approximate surface area is 107 Å². The van der Waals surface area contributed by atoms with Crippen molar-refractivity contribution in [3.8, 4) is 0 Å². The van der Waals surface area contributed by atoms with Gasteiger partial charge in [0.15, 0.2) is 0 Å². The lowest BCUT2D eigenvalue weighted by Gasteiger charge is -2.13. The monoisotopic (exact) mass is 244 g/mol. The van der Waals surface area contributed by atoms with E-state index in [0.29, 0.717) is 19.0 Å². The maximum Gasteiger partial charge on any atom is 0.308 e. The van der Waals surface area contributed by atoms with E-state index in [1.165, 1.54) is 6.92 Å². The standard InChI is InChI=1S/C15H16O3/c1-3-12-9-17-10-14(12)15(18-11(2)16)13-7-5-4-6-8-13/h3-8,12H,1,9-10H2,2H3/b15-14+. The van der Waals surface area contributed by atoms with E-state index in [1.54, 1.807) is 0 Å². The van der Waals surface area contributed by atoms with Crippen molar-refractivity contribution in [2.45, 2.75) is 6.92 Å². The van der Waals surface area contributed by atoms with Gasteiger partial charge in [-0.1, -0.05) is 36.4 Å². The first-order chi connectivity index (χ1) is 8.72. The molecule has 94 valence electrons. The minimum Gasteiger partial charge on any atom is -0.426 e. The van der Waals surface area contributed by atoms with E-state index in [0.717, 1.165) is 11.1 Å². The fourth-order valence-corrected chi connectivity index (χ4v) is 1.99. The molecule has 1 aromatic rings. The van der Waals surface area contributed by atoms with Crippen LogP contribution in [0.4, 0.5) is 0 Å². The van der Waals surface area contributed by atoms with E-state index in [2.05, 4.69) is 6.58 Å². The van der Waals surface area contributed by atoms with Gasteiger partial charge in [-0.15, -0.1) is 6.58 Å². The molecule has 0 bridgehead atoms. The molecule has 0 N–H and O–H groups in total. The van der Waals surface area contributed by atoms with Gasteiger partial charge in [-0.3, -0.25) is 4.79 Å². The molecule has 0 radical (unpaired) electrons. The first-order valence-corrected chi connectivity index (χ1v) is 5.89. The number of carbonyl (C=O) groups is 1. The second-order valence-corrected chi connectivity index (χ2v) is 4.17. The Balaban J connectivity index is 2.45. The molecule has 1 aromatic carbocycles. The van der Waals surface area contributed by atoms with E-state index in [9.17, 15) is 4.79 Å². The average molecular weight is 244 g/mol. The maximum atomic E-state index is 11.3. The Morgan fingerprint density at radius 1 is 1.44 bits per heavy atom. The number of hydrogen-bond donors (Lipinski definition) is 0. The highest BCUT2D eigenvalue weighted by atomic mass is 16.5. The molecule has 1 unspecified atom stereocenters. The summed E-state index contributed by atoms with van der Waals surface area (Å²) in [5, 5.41) is 0. The molecule has 1 saturated heterocycles. The quantitative estimate of drug-likeness (QED) is 0.466. The summed E-state index contributed by atoms with van der Waals surface area (Å²) < 4.78 is 10.8. The zero-order chi connectivity index (χ0) is 13.0. The van der Waals surface area contributed by atoms with Crippen LogP contribution in [0.3, 0.4) is 0 Å². The van der Waals surface area contributed by atoms with Crippen molar-refractivity contribution in [2.75, 3.05) is 13.2 Å². The summed E-state index contributed by atoms with van der Waals surface area (Å²) in [5.74, 6) is 0.390. The molecule has 1 heterocycles. The molecule has 0 aromatic heterocycles. The number of hydrogen-bond acceptors (Lipinski definition) is 3. The number of ether oxygens (including phenoxy) is 2. The Bertz CT molecular complexity index is 474. The smallest absolute Gasteiger partial charge is 0.308 e. The summed E-state index contributed by atoms with van der Waals surface area (Å²) in [5.41, 5.74) is 1.87. The topological polar surface area (TPSA) is 35.5 Å². The summed E-state index contributed by atoms with van der Waals surface area (Å²) in [6.45, 7) is 6.27. The lowest BCUT2D eigenvalue weighted by molar-refractivity contribution is -0.134. The second-order valence-electron chi connectivity index (χ2n) is 4.17. The molecular weight excluding hydrogens is 228 g/mol. The zero-order valence-corrected chi connectivity index (χ0v) is 10.4. The van der Waals surface area contributed by atoms with Gasteiger partial charge in [0, 0.05) is 24.0 Å². The van der Waals surface area contributed by atoms with E-state index < -0.39 is 0 Å². The summed E-state index contributed by atoms with van der Waals surface area (Å²) in [6, 6.07) is 9.60. The molecule has 3 nitrogen and oxygen atoms in total. The molecular formula is C15H16O3. The molecule has 0 aliphatic carbocycles. The van der Waals surface area contributed by atoms with E-state index in [-0.39, 0.29) is 11.9 Å². The van der Waals surface area contributed by atoms with Crippen LogP contribution in [0.5, 0.6) is 0 Å². The lowest BCUT2D eigenvalue weighted by Crippen LogP contribution is -2.06. The molecule has 18 heavy (non-hydrogen) atoms. The molecule has 0 amide bonds. The van der Waals surface area contributed by atoms with Crippen LogP contribution in [0.1, 0.15) is 12.5 Å². The van der Waals surface area contributed by atoms with Crippen molar-refractivity contribution in [2.24, 2.45) is 5.92 Å². The van der Waals surface area contributed by atoms with Gasteiger partial charge in [-0.25, -0.2) is 0 Å². The summed E-state index contributed by atoms with van der Waals surface area (Å²) >= 11 is 0. The van der Waals surface area contributed by atoms with Gasteiger partial charge in [0.1, 0.15) is 5.76 Å². The van der Waals surface area contributed by atoms with Gasteiger partial charge < -0.3 is 9.47 Å². The third-order valence-corrected chi connectivity index (χ3v) is 2.86. The molecule has 3 heteroatoms. The van der Waals surface area contributed by atoms with Crippen molar-refractivity contribution in [1.82, 2.24) is 0 Å². The molecule has 1 fully saturated rings.